The van der Waals surface area contributed by atoms with Gasteiger partial charge in [-0.1, -0.05) is 48.5 Å². The average molecular weight is 415 g/mol. The van der Waals surface area contributed by atoms with Crippen LogP contribution in [0.4, 0.5) is 5.69 Å². The molecule has 4 rings (SSSR count). The first-order valence-corrected chi connectivity index (χ1v) is 9.70. The van der Waals surface area contributed by atoms with Crippen molar-refractivity contribution in [3.05, 3.63) is 95.6 Å². The number of aliphatic hydroxyl groups excluding tert-OH is 1. The van der Waals surface area contributed by atoms with Gasteiger partial charge in [-0.3, -0.25) is 14.5 Å². The van der Waals surface area contributed by atoms with E-state index in [9.17, 15) is 14.7 Å². The molecule has 156 valence electrons. The second kappa shape index (κ2) is 8.36. The highest BCUT2D eigenvalue weighted by Gasteiger charge is 2.47. The standard InChI is InChI=1S/C25H21NO5/c1-30-18-13-14-19(20(15-18)31-2)22-21(23(27)16-9-5-3-6-10-16)24(28)25(29)26(22)17-11-7-4-8-12-17/h3-15,22,27H,1-2H3/b23-21+/t22-/m1/s1. The van der Waals surface area contributed by atoms with Crippen LogP contribution < -0.4 is 14.4 Å². The van der Waals surface area contributed by atoms with E-state index in [1.807, 2.05) is 12.1 Å². The van der Waals surface area contributed by atoms with Crippen LogP contribution in [-0.4, -0.2) is 31.0 Å². The van der Waals surface area contributed by atoms with Crippen molar-refractivity contribution >= 4 is 23.1 Å². The van der Waals surface area contributed by atoms with Crippen LogP contribution in [0.5, 0.6) is 11.5 Å². The molecule has 0 aliphatic carbocycles. The molecule has 3 aromatic carbocycles. The normalized spacial score (nSPS) is 17.6. The lowest BCUT2D eigenvalue weighted by molar-refractivity contribution is -0.132. The average Bonchev–Trinajstić information content (AvgIpc) is 3.09. The van der Waals surface area contributed by atoms with Crippen molar-refractivity contribution < 1.29 is 24.2 Å². The van der Waals surface area contributed by atoms with Gasteiger partial charge in [-0.25, -0.2) is 0 Å². The fraction of sp³-hybridized carbons (Fsp3) is 0.120. The van der Waals surface area contributed by atoms with E-state index in [1.165, 1.54) is 12.0 Å². The van der Waals surface area contributed by atoms with Crippen molar-refractivity contribution in [2.75, 3.05) is 19.1 Å². The molecule has 1 fully saturated rings. The lowest BCUT2D eigenvalue weighted by Gasteiger charge is -2.26. The molecule has 1 atom stereocenters. The first kappa shape index (κ1) is 20.2. The van der Waals surface area contributed by atoms with E-state index in [0.717, 1.165) is 0 Å². The van der Waals surface area contributed by atoms with E-state index in [-0.39, 0.29) is 11.3 Å². The number of methoxy groups -OCH3 is 2. The summed E-state index contributed by atoms with van der Waals surface area (Å²) in [5, 5.41) is 11.1. The number of rotatable bonds is 5. The van der Waals surface area contributed by atoms with Crippen LogP contribution in [0.2, 0.25) is 0 Å². The molecule has 0 bridgehead atoms. The predicted molar refractivity (Wildman–Crippen MR) is 117 cm³/mol. The number of carbonyl (C=O) groups is 2. The Hall–Kier alpha value is -4.06. The fourth-order valence-corrected chi connectivity index (χ4v) is 3.78. The van der Waals surface area contributed by atoms with Crippen molar-refractivity contribution in [3.8, 4) is 11.5 Å². The van der Waals surface area contributed by atoms with E-state index in [1.54, 1.807) is 73.8 Å². The van der Waals surface area contributed by atoms with Crippen LogP contribution in [0.15, 0.2) is 84.4 Å². The Morgan fingerprint density at radius 2 is 1.52 bits per heavy atom. The highest BCUT2D eigenvalue weighted by atomic mass is 16.5. The van der Waals surface area contributed by atoms with E-state index in [0.29, 0.717) is 28.3 Å². The van der Waals surface area contributed by atoms with Gasteiger partial charge in [0.15, 0.2) is 0 Å². The number of hydrogen-bond acceptors (Lipinski definition) is 5. The van der Waals surface area contributed by atoms with Crippen LogP contribution in [0.25, 0.3) is 5.76 Å². The topological polar surface area (TPSA) is 76.1 Å². The lowest BCUT2D eigenvalue weighted by Crippen LogP contribution is -2.29. The monoisotopic (exact) mass is 415 g/mol. The molecule has 1 heterocycles. The van der Waals surface area contributed by atoms with Crippen molar-refractivity contribution in [1.29, 1.82) is 0 Å². The quantitative estimate of drug-likeness (QED) is 0.381. The molecule has 1 amide bonds. The van der Waals surface area contributed by atoms with Crippen molar-refractivity contribution in [2.24, 2.45) is 0 Å². The summed E-state index contributed by atoms with van der Waals surface area (Å²) < 4.78 is 10.8. The number of Topliss-reactive ketones (excluding diaryl/α,β-unsaturated/α-hetero) is 1. The molecule has 0 radical (unpaired) electrons. The number of amides is 1. The molecule has 6 heteroatoms. The van der Waals surface area contributed by atoms with Crippen LogP contribution in [0.1, 0.15) is 17.2 Å². The minimum atomic E-state index is -0.872. The summed E-state index contributed by atoms with van der Waals surface area (Å²) >= 11 is 0. The van der Waals surface area contributed by atoms with Crippen molar-refractivity contribution in [3.63, 3.8) is 0 Å². The number of anilines is 1. The van der Waals surface area contributed by atoms with Gasteiger partial charge in [0.25, 0.3) is 11.7 Å². The second-order valence-corrected chi connectivity index (χ2v) is 6.98. The Morgan fingerprint density at radius 1 is 0.871 bits per heavy atom. The van der Waals surface area contributed by atoms with E-state index < -0.39 is 17.7 Å². The number of carbonyl (C=O) groups excluding carboxylic acids is 2. The third kappa shape index (κ3) is 3.53. The molecule has 1 N–H and O–H groups in total. The lowest BCUT2D eigenvalue weighted by atomic mass is 9.94. The summed E-state index contributed by atoms with van der Waals surface area (Å²) in [6.45, 7) is 0. The largest absolute Gasteiger partial charge is 0.507 e. The first-order valence-electron chi connectivity index (χ1n) is 9.70. The number of benzene rings is 3. The maximum atomic E-state index is 13.1. The summed E-state index contributed by atoms with van der Waals surface area (Å²) in [5.74, 6) is -0.702. The van der Waals surface area contributed by atoms with Gasteiger partial charge in [-0.2, -0.15) is 0 Å². The van der Waals surface area contributed by atoms with Gasteiger partial charge in [0.05, 0.1) is 25.8 Å². The molecule has 0 saturated carbocycles. The Balaban J connectivity index is 1.99. The van der Waals surface area contributed by atoms with Crippen LogP contribution in [0, 0.1) is 0 Å². The minimum Gasteiger partial charge on any atom is -0.507 e. The molecular formula is C25H21NO5. The van der Waals surface area contributed by atoms with E-state index in [4.69, 9.17) is 9.47 Å². The Labute approximate surface area is 180 Å². The zero-order valence-electron chi connectivity index (χ0n) is 17.1. The highest BCUT2D eigenvalue weighted by Crippen LogP contribution is 2.45. The fourth-order valence-electron chi connectivity index (χ4n) is 3.78. The number of hydrogen-bond donors (Lipinski definition) is 1. The summed E-state index contributed by atoms with van der Waals surface area (Å²) in [6.07, 6.45) is 0. The van der Waals surface area contributed by atoms with Gasteiger partial charge in [0.1, 0.15) is 17.3 Å². The Morgan fingerprint density at radius 3 is 2.13 bits per heavy atom. The van der Waals surface area contributed by atoms with E-state index in [2.05, 4.69) is 0 Å². The molecule has 0 spiro atoms. The third-order valence-electron chi connectivity index (χ3n) is 5.26. The van der Waals surface area contributed by atoms with Gasteiger partial charge in [-0.15, -0.1) is 0 Å². The zero-order valence-corrected chi connectivity index (χ0v) is 17.1. The van der Waals surface area contributed by atoms with E-state index >= 15 is 0 Å². The highest BCUT2D eigenvalue weighted by molar-refractivity contribution is 6.51. The molecule has 3 aromatic rings. The third-order valence-corrected chi connectivity index (χ3v) is 5.26. The maximum absolute atomic E-state index is 13.1. The zero-order chi connectivity index (χ0) is 22.0. The van der Waals surface area contributed by atoms with Gasteiger partial charge in [0.2, 0.25) is 0 Å². The Bertz CT molecular complexity index is 1160. The minimum absolute atomic E-state index is 0.00326. The summed E-state index contributed by atoms with van der Waals surface area (Å²) in [7, 11) is 3.05. The van der Waals surface area contributed by atoms with Gasteiger partial charge in [0, 0.05) is 22.9 Å². The summed E-state index contributed by atoms with van der Waals surface area (Å²) in [6, 6.07) is 21.9. The van der Waals surface area contributed by atoms with Gasteiger partial charge < -0.3 is 14.6 Å². The molecule has 1 aliphatic rings. The molecule has 1 saturated heterocycles. The summed E-state index contributed by atoms with van der Waals surface area (Å²) in [5.41, 5.74) is 1.55. The van der Waals surface area contributed by atoms with Crippen LogP contribution in [-0.2, 0) is 9.59 Å². The molecule has 31 heavy (non-hydrogen) atoms. The number of ketones is 1. The van der Waals surface area contributed by atoms with Gasteiger partial charge >= 0.3 is 0 Å². The van der Waals surface area contributed by atoms with Crippen LogP contribution >= 0.6 is 0 Å². The number of para-hydroxylation sites is 1. The summed E-state index contributed by atoms with van der Waals surface area (Å²) in [4.78, 5) is 27.6. The van der Waals surface area contributed by atoms with Crippen LogP contribution in [0.3, 0.4) is 0 Å². The second-order valence-electron chi connectivity index (χ2n) is 6.98. The smallest absolute Gasteiger partial charge is 0.300 e. The predicted octanol–water partition coefficient (Wildman–Crippen LogP) is 4.33. The molecule has 0 aromatic heterocycles. The maximum Gasteiger partial charge on any atom is 0.300 e. The molecule has 1 aliphatic heterocycles. The Kier molecular flexibility index (Phi) is 5.45. The molecular weight excluding hydrogens is 394 g/mol. The van der Waals surface area contributed by atoms with Gasteiger partial charge in [-0.05, 0) is 24.3 Å². The number of aliphatic hydroxyl groups is 1. The SMILES string of the molecule is COc1ccc([C@@H]2/C(=C(\O)c3ccccc3)C(=O)C(=O)N2c2ccccc2)c(OC)c1. The molecule has 0 unspecified atom stereocenters. The first-order chi connectivity index (χ1) is 15.1. The molecule has 6 nitrogen and oxygen atoms in total. The van der Waals surface area contributed by atoms with Crippen molar-refractivity contribution in [1.82, 2.24) is 0 Å². The van der Waals surface area contributed by atoms with Crippen molar-refractivity contribution in [2.45, 2.75) is 6.04 Å². The number of ether oxygens (including phenoxy) is 2. The number of nitrogens with zero attached hydrogens (tertiary/aromatic N) is 1.